The van der Waals surface area contributed by atoms with Crippen LogP contribution in [0.3, 0.4) is 0 Å². The highest BCUT2D eigenvalue weighted by atomic mass is 16.6. The van der Waals surface area contributed by atoms with Gasteiger partial charge in [0.05, 0.1) is 16.5 Å². The molecular formula is C13H12N4O3. The molecule has 0 bridgehead atoms. The van der Waals surface area contributed by atoms with Gasteiger partial charge in [0.1, 0.15) is 5.65 Å². The molecular weight excluding hydrogens is 260 g/mol. The maximum Gasteiger partial charge on any atom is 0.296 e. The summed E-state index contributed by atoms with van der Waals surface area (Å²) in [6, 6.07) is 1.63. The van der Waals surface area contributed by atoms with Crippen LogP contribution in [0, 0.1) is 22.0 Å². The summed E-state index contributed by atoms with van der Waals surface area (Å²) in [5.41, 5.74) is 1.04. The molecule has 0 aromatic carbocycles. The van der Waals surface area contributed by atoms with Crippen molar-refractivity contribution in [3.8, 4) is 11.8 Å². The first kappa shape index (κ1) is 13.5. The SMILES string of the molecule is CC(=O)NCCC#Cc1cnc2[nH]cc([N+](=O)[O-])c2c1. The van der Waals surface area contributed by atoms with Crippen LogP contribution in [0.2, 0.25) is 0 Å². The zero-order valence-corrected chi connectivity index (χ0v) is 10.8. The Labute approximate surface area is 114 Å². The van der Waals surface area contributed by atoms with Crippen LogP contribution in [0.15, 0.2) is 18.5 Å². The van der Waals surface area contributed by atoms with Gasteiger partial charge in [-0.1, -0.05) is 11.8 Å². The van der Waals surface area contributed by atoms with Crippen molar-refractivity contribution >= 4 is 22.6 Å². The van der Waals surface area contributed by atoms with Gasteiger partial charge in [-0.2, -0.15) is 0 Å². The third kappa shape index (κ3) is 3.11. The first-order valence-corrected chi connectivity index (χ1v) is 5.93. The maximum atomic E-state index is 10.8. The number of hydrogen-bond acceptors (Lipinski definition) is 4. The molecule has 2 aromatic heterocycles. The van der Waals surface area contributed by atoms with Gasteiger partial charge in [-0.3, -0.25) is 14.9 Å². The van der Waals surface area contributed by atoms with Crippen molar-refractivity contribution in [1.29, 1.82) is 0 Å². The van der Waals surface area contributed by atoms with Crippen LogP contribution in [0.1, 0.15) is 18.9 Å². The largest absolute Gasteiger partial charge is 0.355 e. The Morgan fingerprint density at radius 2 is 2.40 bits per heavy atom. The zero-order chi connectivity index (χ0) is 14.5. The van der Waals surface area contributed by atoms with E-state index >= 15 is 0 Å². The molecule has 0 saturated heterocycles. The molecule has 2 aromatic rings. The minimum absolute atomic E-state index is 0.0191. The van der Waals surface area contributed by atoms with Gasteiger partial charge in [0.15, 0.2) is 0 Å². The molecule has 0 radical (unpaired) electrons. The molecule has 0 saturated carbocycles. The van der Waals surface area contributed by atoms with E-state index in [-0.39, 0.29) is 11.6 Å². The number of fused-ring (bicyclic) bond motifs is 1. The highest BCUT2D eigenvalue weighted by Gasteiger charge is 2.14. The zero-order valence-electron chi connectivity index (χ0n) is 10.8. The third-order valence-electron chi connectivity index (χ3n) is 2.56. The second-order valence-corrected chi connectivity index (χ2v) is 4.09. The second-order valence-electron chi connectivity index (χ2n) is 4.09. The second kappa shape index (κ2) is 5.84. The normalized spacial score (nSPS) is 9.85. The van der Waals surface area contributed by atoms with E-state index < -0.39 is 4.92 Å². The first-order chi connectivity index (χ1) is 9.58. The maximum absolute atomic E-state index is 10.8. The lowest BCUT2D eigenvalue weighted by Crippen LogP contribution is -2.20. The fourth-order valence-electron chi connectivity index (χ4n) is 1.67. The average molecular weight is 272 g/mol. The minimum atomic E-state index is -0.464. The lowest BCUT2D eigenvalue weighted by molar-refractivity contribution is -0.383. The van der Waals surface area contributed by atoms with Crippen molar-refractivity contribution < 1.29 is 9.72 Å². The third-order valence-corrected chi connectivity index (χ3v) is 2.56. The molecule has 20 heavy (non-hydrogen) atoms. The smallest absolute Gasteiger partial charge is 0.296 e. The number of amides is 1. The van der Waals surface area contributed by atoms with Gasteiger partial charge in [0.2, 0.25) is 5.91 Å². The predicted octanol–water partition coefficient (Wildman–Crippen LogP) is 1.35. The summed E-state index contributed by atoms with van der Waals surface area (Å²) in [5.74, 6) is 5.64. The van der Waals surface area contributed by atoms with E-state index in [1.807, 2.05) is 0 Å². The lowest BCUT2D eigenvalue weighted by atomic mass is 10.2. The highest BCUT2D eigenvalue weighted by molar-refractivity contribution is 5.86. The number of nitrogens with one attached hydrogen (secondary N) is 2. The van der Waals surface area contributed by atoms with Gasteiger partial charge in [-0.15, -0.1) is 0 Å². The van der Waals surface area contributed by atoms with Gasteiger partial charge in [-0.05, 0) is 6.07 Å². The standard InChI is InChI=1S/C13H12N4O3/c1-9(18)14-5-3-2-4-10-6-11-12(17(19)20)8-16-13(11)15-7-10/h6-8H,3,5H2,1H3,(H,14,18)(H,15,16). The number of aromatic amines is 1. The van der Waals surface area contributed by atoms with E-state index in [9.17, 15) is 14.9 Å². The van der Waals surface area contributed by atoms with Crippen LogP contribution in [0.25, 0.3) is 11.0 Å². The van der Waals surface area contributed by atoms with Gasteiger partial charge >= 0.3 is 0 Å². The number of pyridine rings is 1. The first-order valence-electron chi connectivity index (χ1n) is 5.93. The number of rotatable bonds is 3. The number of carbonyl (C=O) groups is 1. The molecule has 0 spiro atoms. The molecule has 0 atom stereocenters. The Balaban J connectivity index is 2.15. The molecule has 102 valence electrons. The predicted molar refractivity (Wildman–Crippen MR) is 72.9 cm³/mol. The van der Waals surface area contributed by atoms with Gasteiger partial charge in [0, 0.05) is 31.6 Å². The summed E-state index contributed by atoms with van der Waals surface area (Å²) in [6.45, 7) is 1.92. The van der Waals surface area contributed by atoms with E-state index in [2.05, 4.69) is 27.1 Å². The molecule has 2 heterocycles. The summed E-state index contributed by atoms with van der Waals surface area (Å²) in [4.78, 5) is 27.8. The molecule has 0 aliphatic rings. The molecule has 1 amide bonds. The van der Waals surface area contributed by atoms with Crippen molar-refractivity contribution in [2.24, 2.45) is 0 Å². The van der Waals surface area contributed by atoms with Gasteiger partial charge in [-0.25, -0.2) is 4.98 Å². The van der Waals surface area contributed by atoms with Crippen LogP contribution >= 0.6 is 0 Å². The molecule has 2 N–H and O–H groups in total. The molecule has 2 rings (SSSR count). The van der Waals surface area contributed by atoms with Crippen molar-refractivity contribution in [3.05, 3.63) is 34.1 Å². The van der Waals surface area contributed by atoms with Crippen molar-refractivity contribution in [2.45, 2.75) is 13.3 Å². The lowest BCUT2D eigenvalue weighted by Gasteiger charge is -1.95. The quantitative estimate of drug-likeness (QED) is 0.381. The van der Waals surface area contributed by atoms with Crippen LogP contribution in [0.5, 0.6) is 0 Å². The Bertz CT molecular complexity index is 724. The van der Waals surface area contributed by atoms with Crippen molar-refractivity contribution in [2.75, 3.05) is 6.54 Å². The van der Waals surface area contributed by atoms with Crippen LogP contribution in [-0.4, -0.2) is 27.3 Å². The monoisotopic (exact) mass is 272 g/mol. The summed E-state index contributed by atoms with van der Waals surface area (Å²) < 4.78 is 0. The molecule has 0 unspecified atom stereocenters. The van der Waals surface area contributed by atoms with E-state index in [0.29, 0.717) is 29.6 Å². The number of nitro groups is 1. The van der Waals surface area contributed by atoms with E-state index in [1.54, 1.807) is 12.3 Å². The fraction of sp³-hybridized carbons (Fsp3) is 0.231. The summed E-state index contributed by atoms with van der Waals surface area (Å²) >= 11 is 0. The van der Waals surface area contributed by atoms with Crippen LogP contribution < -0.4 is 5.32 Å². The number of nitrogens with zero attached hydrogens (tertiary/aromatic N) is 2. The number of H-pyrrole nitrogens is 1. The van der Waals surface area contributed by atoms with E-state index in [0.717, 1.165) is 0 Å². The molecule has 0 fully saturated rings. The molecule has 0 aliphatic carbocycles. The topological polar surface area (TPSA) is 101 Å². The number of aromatic nitrogens is 2. The van der Waals surface area contributed by atoms with Crippen LogP contribution in [0.4, 0.5) is 5.69 Å². The average Bonchev–Trinajstić information content (AvgIpc) is 2.81. The molecule has 7 nitrogen and oxygen atoms in total. The molecule has 7 heteroatoms. The summed E-state index contributed by atoms with van der Waals surface area (Å²) in [6.07, 6.45) is 3.37. The number of hydrogen-bond donors (Lipinski definition) is 2. The molecule has 0 aliphatic heterocycles. The van der Waals surface area contributed by atoms with Gasteiger partial charge < -0.3 is 10.3 Å². The Kier molecular flexibility index (Phi) is 3.96. The minimum Gasteiger partial charge on any atom is -0.355 e. The van der Waals surface area contributed by atoms with Crippen molar-refractivity contribution in [3.63, 3.8) is 0 Å². The summed E-state index contributed by atoms with van der Waals surface area (Å²) in [7, 11) is 0. The van der Waals surface area contributed by atoms with E-state index in [1.165, 1.54) is 13.1 Å². The highest BCUT2D eigenvalue weighted by Crippen LogP contribution is 2.23. The Morgan fingerprint density at radius 1 is 1.60 bits per heavy atom. The van der Waals surface area contributed by atoms with Crippen LogP contribution in [-0.2, 0) is 4.79 Å². The van der Waals surface area contributed by atoms with E-state index in [4.69, 9.17) is 0 Å². The van der Waals surface area contributed by atoms with Crippen molar-refractivity contribution in [1.82, 2.24) is 15.3 Å². The van der Waals surface area contributed by atoms with Gasteiger partial charge in [0.25, 0.3) is 5.69 Å². The summed E-state index contributed by atoms with van der Waals surface area (Å²) in [5, 5.41) is 13.9. The fourth-order valence-corrected chi connectivity index (χ4v) is 1.67. The Morgan fingerprint density at radius 3 is 3.10 bits per heavy atom. The Hall–Kier alpha value is -2.88. The number of carbonyl (C=O) groups excluding carboxylic acids is 1.